The van der Waals surface area contributed by atoms with Crippen LogP contribution >= 0.6 is 0 Å². The van der Waals surface area contributed by atoms with Crippen LogP contribution in [0.15, 0.2) is 36.9 Å². The number of nitrogens with zero attached hydrogens (tertiary/aromatic N) is 5. The number of esters is 1. The molecule has 14 heteroatoms. The smallest absolute Gasteiger partial charge is 0.337 e. The first-order valence-electron chi connectivity index (χ1n) is 11.6. The van der Waals surface area contributed by atoms with Gasteiger partial charge in [0.25, 0.3) is 0 Å². The van der Waals surface area contributed by atoms with Crippen molar-refractivity contribution in [3.05, 3.63) is 42.5 Å². The maximum Gasteiger partial charge on any atom is 0.337 e. The van der Waals surface area contributed by atoms with Gasteiger partial charge in [0.1, 0.15) is 30.2 Å². The van der Waals surface area contributed by atoms with Crippen molar-refractivity contribution in [3.63, 3.8) is 0 Å². The summed E-state index contributed by atoms with van der Waals surface area (Å²) < 4.78 is 12.1. The van der Waals surface area contributed by atoms with Crippen molar-refractivity contribution in [1.29, 1.82) is 0 Å². The number of nitrogen functional groups attached to an aromatic ring is 1. The Kier molecular flexibility index (Phi) is 8.13. The number of imidazole rings is 1. The normalized spacial score (nSPS) is 21.3. The molecule has 0 saturated carbocycles. The summed E-state index contributed by atoms with van der Waals surface area (Å²) in [6.45, 7) is 1.38. The van der Waals surface area contributed by atoms with E-state index in [1.165, 1.54) is 24.3 Å². The molecule has 4 rings (SSSR count). The van der Waals surface area contributed by atoms with E-state index in [-0.39, 0.29) is 11.8 Å². The number of nitrogens with two attached hydrogens (primary N) is 1. The molecule has 3 heterocycles. The third kappa shape index (κ3) is 5.94. The average Bonchev–Trinajstić information content (AvgIpc) is 3.44. The Morgan fingerprint density at radius 2 is 1.95 bits per heavy atom. The standard InChI is InChI=1S/C23H30N8O6/c1-30(9-3-8-25-23(35)29-14-6-4-13(5-7-14)22(34)36-2)10-15-17(32)18(33)21(37-15)31-12-28-16-19(24)26-11-27-20(16)31/h4-7,11-12,15,17-18,21,32-33H,3,8-10H2,1-2H3,(H2,24,26,27)(H2,25,29,35)/t15-,17+,18-,21-/m1/s1. The minimum atomic E-state index is -1.18. The molecule has 0 bridgehead atoms. The number of aliphatic hydroxyl groups excluding tert-OH is 2. The number of carbonyl (C=O) groups is 2. The number of methoxy groups -OCH3 is 1. The van der Waals surface area contributed by atoms with Crippen molar-refractivity contribution in [2.45, 2.75) is 31.0 Å². The fourth-order valence-electron chi connectivity index (χ4n) is 4.10. The third-order valence-corrected chi connectivity index (χ3v) is 6.06. The second kappa shape index (κ2) is 11.5. The lowest BCUT2D eigenvalue weighted by atomic mass is 10.1. The molecule has 4 atom stereocenters. The first-order chi connectivity index (χ1) is 17.8. The Morgan fingerprint density at radius 3 is 2.68 bits per heavy atom. The van der Waals surface area contributed by atoms with Crippen molar-refractivity contribution >= 4 is 34.7 Å². The van der Waals surface area contributed by atoms with Gasteiger partial charge in [-0.05, 0) is 44.3 Å². The van der Waals surface area contributed by atoms with Gasteiger partial charge in [-0.3, -0.25) is 4.57 Å². The van der Waals surface area contributed by atoms with Crippen LogP contribution in [-0.4, -0.2) is 98.7 Å². The Balaban J connectivity index is 1.21. The molecule has 198 valence electrons. The maximum atomic E-state index is 12.1. The van der Waals surface area contributed by atoms with Crippen LogP contribution in [0.3, 0.4) is 0 Å². The minimum Gasteiger partial charge on any atom is -0.465 e. The van der Waals surface area contributed by atoms with Gasteiger partial charge in [-0.25, -0.2) is 24.5 Å². The summed E-state index contributed by atoms with van der Waals surface area (Å²) in [7, 11) is 3.16. The molecule has 0 radical (unpaired) electrons. The molecule has 14 nitrogen and oxygen atoms in total. The van der Waals surface area contributed by atoms with Crippen molar-refractivity contribution in [2.75, 3.05) is 44.8 Å². The number of hydrogen-bond donors (Lipinski definition) is 5. The topological polar surface area (TPSA) is 190 Å². The van der Waals surface area contributed by atoms with Crippen molar-refractivity contribution in [3.8, 4) is 0 Å². The molecule has 0 unspecified atom stereocenters. The molecule has 6 N–H and O–H groups in total. The first kappa shape index (κ1) is 26.2. The molecule has 0 aliphatic carbocycles. The quantitative estimate of drug-likeness (QED) is 0.190. The van der Waals surface area contributed by atoms with E-state index in [9.17, 15) is 19.8 Å². The Morgan fingerprint density at radius 1 is 1.19 bits per heavy atom. The number of ether oxygens (including phenoxy) is 2. The van der Waals surface area contributed by atoms with E-state index in [4.69, 9.17) is 10.5 Å². The van der Waals surface area contributed by atoms with Gasteiger partial charge in [-0.1, -0.05) is 0 Å². The van der Waals surface area contributed by atoms with Crippen LogP contribution in [0, 0.1) is 0 Å². The highest BCUT2D eigenvalue weighted by Crippen LogP contribution is 2.32. The van der Waals surface area contributed by atoms with E-state index >= 15 is 0 Å². The largest absolute Gasteiger partial charge is 0.465 e. The summed E-state index contributed by atoms with van der Waals surface area (Å²) in [5.41, 5.74) is 7.56. The van der Waals surface area contributed by atoms with Crippen LogP contribution in [0.2, 0.25) is 0 Å². The van der Waals surface area contributed by atoms with Crippen LogP contribution in [0.4, 0.5) is 16.3 Å². The average molecular weight is 515 g/mol. The summed E-state index contributed by atoms with van der Waals surface area (Å²) >= 11 is 0. The predicted octanol–water partition coefficient (Wildman–Crippen LogP) is -0.0421. The van der Waals surface area contributed by atoms with E-state index in [0.717, 1.165) is 0 Å². The van der Waals surface area contributed by atoms with Crippen molar-refractivity contribution in [2.24, 2.45) is 0 Å². The van der Waals surface area contributed by atoms with E-state index in [0.29, 0.717) is 48.5 Å². The van der Waals surface area contributed by atoms with Crippen LogP contribution < -0.4 is 16.4 Å². The lowest BCUT2D eigenvalue weighted by Crippen LogP contribution is -2.39. The number of nitrogens with one attached hydrogen (secondary N) is 2. The summed E-state index contributed by atoms with van der Waals surface area (Å²) in [5, 5.41) is 26.6. The molecular formula is C23H30N8O6. The molecule has 2 amide bonds. The number of amides is 2. The molecule has 1 saturated heterocycles. The molecule has 2 aromatic heterocycles. The second-order valence-corrected chi connectivity index (χ2v) is 8.69. The van der Waals surface area contributed by atoms with Gasteiger partial charge in [0.2, 0.25) is 0 Å². The highest BCUT2D eigenvalue weighted by atomic mass is 16.6. The van der Waals surface area contributed by atoms with Gasteiger partial charge in [0, 0.05) is 18.8 Å². The predicted molar refractivity (Wildman–Crippen MR) is 133 cm³/mol. The van der Waals surface area contributed by atoms with E-state index in [1.807, 2.05) is 11.9 Å². The summed E-state index contributed by atoms with van der Waals surface area (Å²) in [5.74, 6) is -0.234. The molecule has 3 aromatic rings. The Hall–Kier alpha value is -3.85. The molecular weight excluding hydrogens is 484 g/mol. The zero-order valence-corrected chi connectivity index (χ0v) is 20.4. The van der Waals surface area contributed by atoms with Gasteiger partial charge in [0.15, 0.2) is 17.7 Å². The number of hydrogen-bond acceptors (Lipinski definition) is 11. The fraction of sp³-hybridized carbons (Fsp3) is 0.435. The van der Waals surface area contributed by atoms with Gasteiger partial charge >= 0.3 is 12.0 Å². The Labute approximate surface area is 212 Å². The SMILES string of the molecule is COC(=O)c1ccc(NC(=O)NCCCN(C)C[C@H]2O[C@@H](n3cnc4c(N)ncnc43)[C@H](O)[C@H]2O)cc1. The number of anilines is 2. The van der Waals surface area contributed by atoms with Crippen molar-refractivity contribution < 1.29 is 29.3 Å². The number of aromatic nitrogens is 4. The highest BCUT2D eigenvalue weighted by molar-refractivity contribution is 5.92. The molecule has 1 aliphatic rings. The lowest BCUT2D eigenvalue weighted by Gasteiger charge is -2.22. The minimum absolute atomic E-state index is 0.215. The van der Waals surface area contributed by atoms with Crippen LogP contribution in [0.25, 0.3) is 11.2 Å². The van der Waals surface area contributed by atoms with Gasteiger partial charge < -0.3 is 41.0 Å². The van der Waals surface area contributed by atoms with Gasteiger partial charge in [0.05, 0.1) is 19.0 Å². The molecule has 1 fully saturated rings. The summed E-state index contributed by atoms with van der Waals surface area (Å²) in [6.07, 6.45) is -0.425. The lowest BCUT2D eigenvalue weighted by molar-refractivity contribution is -0.0421. The van der Waals surface area contributed by atoms with Crippen LogP contribution in [0.1, 0.15) is 23.0 Å². The fourth-order valence-corrected chi connectivity index (χ4v) is 4.10. The van der Waals surface area contributed by atoms with Crippen LogP contribution in [-0.2, 0) is 9.47 Å². The van der Waals surface area contributed by atoms with Crippen LogP contribution in [0.5, 0.6) is 0 Å². The summed E-state index contributed by atoms with van der Waals surface area (Å²) in [6, 6.07) is 5.99. The van der Waals surface area contributed by atoms with Gasteiger partial charge in [-0.15, -0.1) is 0 Å². The number of fused-ring (bicyclic) bond motifs is 1. The first-order valence-corrected chi connectivity index (χ1v) is 11.6. The summed E-state index contributed by atoms with van der Waals surface area (Å²) in [4.78, 5) is 37.8. The van der Waals surface area contributed by atoms with E-state index in [2.05, 4.69) is 30.3 Å². The van der Waals surface area contributed by atoms with Crippen molar-refractivity contribution in [1.82, 2.24) is 29.7 Å². The molecule has 1 aromatic carbocycles. The van der Waals surface area contributed by atoms with E-state index in [1.54, 1.807) is 24.3 Å². The number of urea groups is 1. The number of rotatable bonds is 9. The number of carbonyl (C=O) groups excluding carboxylic acids is 2. The zero-order valence-electron chi connectivity index (χ0n) is 20.4. The monoisotopic (exact) mass is 514 g/mol. The molecule has 37 heavy (non-hydrogen) atoms. The number of aliphatic hydroxyl groups is 2. The maximum absolute atomic E-state index is 12.1. The second-order valence-electron chi connectivity index (χ2n) is 8.69. The van der Waals surface area contributed by atoms with E-state index < -0.39 is 30.5 Å². The third-order valence-electron chi connectivity index (χ3n) is 6.06. The zero-order chi connectivity index (χ0) is 26.5. The highest BCUT2D eigenvalue weighted by Gasteiger charge is 2.44. The number of benzene rings is 1. The Bertz CT molecular complexity index is 1240. The number of likely N-dealkylation sites (N-methyl/N-ethyl adjacent to an activating group) is 1. The molecule has 1 aliphatic heterocycles. The molecule has 0 spiro atoms. The van der Waals surface area contributed by atoms with Gasteiger partial charge in [-0.2, -0.15) is 0 Å².